The second kappa shape index (κ2) is 32.9. The van der Waals surface area contributed by atoms with Crippen molar-refractivity contribution in [3.63, 3.8) is 0 Å². The zero-order valence-corrected chi connectivity index (χ0v) is 82.2. The molecule has 2 atom stereocenters. The average molecular weight is 1860 g/mol. The number of nitrogens with zero attached hydrogens (tertiary/aromatic N) is 12. The van der Waals surface area contributed by atoms with E-state index >= 15 is 0 Å². The minimum absolute atomic E-state index is 0.00612. The number of pyridine rings is 3. The monoisotopic (exact) mass is 1850 g/mol. The third-order valence-electron chi connectivity index (χ3n) is 32.2. The maximum Gasteiger partial charge on any atom is 0.182 e. The number of rotatable bonds is 13. The van der Waals surface area contributed by atoms with E-state index in [1.165, 1.54) is 111 Å². The van der Waals surface area contributed by atoms with Crippen LogP contribution in [0.25, 0.3) is 219 Å². The van der Waals surface area contributed by atoms with Gasteiger partial charge in [0.05, 0.1) is 16.7 Å². The quantitative estimate of drug-likeness (QED) is 0.106. The van der Waals surface area contributed by atoms with Crippen LogP contribution in [0.2, 0.25) is 0 Å². The smallest absolute Gasteiger partial charge is 0.182 e. The van der Waals surface area contributed by atoms with Gasteiger partial charge in [0.25, 0.3) is 0 Å². The fourth-order valence-electron chi connectivity index (χ4n) is 23.7. The number of furan rings is 3. The van der Waals surface area contributed by atoms with E-state index in [9.17, 15) is 0 Å². The standard InChI is InChI=1S/C46H35N3O.C45H38N4O.C37H29N5O/c1-5-46(4)37-21-12-10-17-30(37)34-25-35-32-18-13-19-33(41(32)50-40(35)26-39(34)46)44-48-42(27-14-7-6-8-15-27)47-43(49-44)28-22-23-31-29-16-9-11-20-36(29)45(2,3)38(31)24-28;1-7-28-26(4)44(5,6)36-23-27(20-21-30(28)36)41-47-42(49-43(48-41)38-19-12-13-22-46-38)32-17-14-16-31-34-24-33-29-15-10-11-18-35(29)45(8-2,9-3)37(33)25-39(34)50-40(31)32;1-36(2,3)37(4)27-15-6-5-12-22(27)25-20-26-23-13-11-14-24(32(23)43-31(26)21-28(25)37)33-40-34(29-16-7-9-18-38-29)42-35(41-33)30-17-8-10-19-39-30/h6-26H,5H2,1-4H3;7,10-25H,1,8-9H2,2-6H3;5-21H,1-4H3. The molecule has 15 nitrogen and oxygen atoms in total. The lowest BCUT2D eigenvalue weighted by Crippen LogP contribution is -2.36. The van der Waals surface area contributed by atoms with Gasteiger partial charge in [0.1, 0.15) is 50.6 Å². The molecule has 9 heterocycles. The van der Waals surface area contributed by atoms with Crippen molar-refractivity contribution in [2.24, 2.45) is 5.41 Å². The van der Waals surface area contributed by atoms with E-state index in [2.05, 4.69) is 330 Å². The van der Waals surface area contributed by atoms with Crippen LogP contribution in [-0.2, 0) is 27.1 Å². The average Bonchev–Trinajstić information content (AvgIpc) is 1.54. The Balaban J connectivity index is 0.000000113. The Hall–Kier alpha value is -16.8. The first-order valence-electron chi connectivity index (χ1n) is 49.6. The molecule has 5 aliphatic carbocycles. The maximum absolute atomic E-state index is 6.83. The van der Waals surface area contributed by atoms with Gasteiger partial charge in [0, 0.05) is 94.7 Å². The van der Waals surface area contributed by atoms with Gasteiger partial charge < -0.3 is 13.3 Å². The van der Waals surface area contributed by atoms with Crippen LogP contribution in [0.4, 0.5) is 0 Å². The van der Waals surface area contributed by atoms with E-state index in [0.29, 0.717) is 69.5 Å². The summed E-state index contributed by atoms with van der Waals surface area (Å²) < 4.78 is 20.4. The highest BCUT2D eigenvalue weighted by Gasteiger charge is 2.49. The highest BCUT2D eigenvalue weighted by Crippen LogP contribution is 2.61. The second-order valence-corrected chi connectivity index (χ2v) is 41.0. The molecule has 5 aliphatic rings. The fourth-order valence-corrected chi connectivity index (χ4v) is 23.7. The summed E-state index contributed by atoms with van der Waals surface area (Å²) in [6.07, 6.45) is 10.3. The van der Waals surface area contributed by atoms with Gasteiger partial charge in [-0.2, -0.15) is 0 Å². The topological polar surface area (TPSA) is 194 Å². The molecule has 27 rings (SSSR count). The number of aromatic nitrogens is 12. The van der Waals surface area contributed by atoms with Gasteiger partial charge in [0.15, 0.2) is 52.4 Å². The molecule has 0 N–H and O–H groups in total. The molecule has 15 heteroatoms. The summed E-state index contributed by atoms with van der Waals surface area (Å²) in [5.41, 5.74) is 37.8. The predicted octanol–water partition coefficient (Wildman–Crippen LogP) is 32.2. The van der Waals surface area contributed by atoms with Crippen LogP contribution in [0.3, 0.4) is 0 Å². The van der Waals surface area contributed by atoms with Gasteiger partial charge in [-0.05, 0) is 240 Å². The van der Waals surface area contributed by atoms with Crippen LogP contribution < -0.4 is 0 Å². The van der Waals surface area contributed by atoms with Gasteiger partial charge in [0.2, 0.25) is 0 Å². The summed E-state index contributed by atoms with van der Waals surface area (Å²) in [7, 11) is 0. The largest absolute Gasteiger partial charge is 0.455 e. The second-order valence-electron chi connectivity index (χ2n) is 41.0. The van der Waals surface area contributed by atoms with Crippen molar-refractivity contribution in [2.45, 2.75) is 136 Å². The molecule has 0 fully saturated rings. The minimum Gasteiger partial charge on any atom is -0.455 e. The van der Waals surface area contributed by atoms with Crippen molar-refractivity contribution in [2.75, 3.05) is 0 Å². The van der Waals surface area contributed by atoms with Gasteiger partial charge >= 0.3 is 0 Å². The van der Waals surface area contributed by atoms with E-state index in [1.54, 1.807) is 18.6 Å². The molecule has 143 heavy (non-hydrogen) atoms. The van der Waals surface area contributed by atoms with Gasteiger partial charge in [-0.15, -0.1) is 0 Å². The van der Waals surface area contributed by atoms with Crippen LogP contribution >= 0.6 is 0 Å². The van der Waals surface area contributed by atoms with Crippen molar-refractivity contribution < 1.29 is 13.3 Å². The Kier molecular flexibility index (Phi) is 20.2. The fraction of sp³-hybridized carbons (Fsp3) is 0.172. The Morgan fingerprint density at radius 1 is 0.273 bits per heavy atom. The van der Waals surface area contributed by atoms with E-state index in [4.69, 9.17) is 58.1 Å². The van der Waals surface area contributed by atoms with E-state index in [1.807, 2.05) is 97.1 Å². The molecular formula is C128H102N12O3. The molecule has 0 radical (unpaired) electrons. The molecule has 692 valence electrons. The summed E-state index contributed by atoms with van der Waals surface area (Å²) in [4.78, 5) is 58.7. The summed E-state index contributed by atoms with van der Waals surface area (Å²) in [5.74, 6) is 5.02. The zero-order valence-electron chi connectivity index (χ0n) is 82.2. The van der Waals surface area contributed by atoms with Gasteiger partial charge in [-0.3, -0.25) is 15.0 Å². The molecule has 0 saturated carbocycles. The molecule has 9 aromatic heterocycles. The Bertz CT molecular complexity index is 9040. The van der Waals surface area contributed by atoms with Crippen LogP contribution in [0, 0.1) is 5.41 Å². The summed E-state index contributed by atoms with van der Waals surface area (Å²) >= 11 is 0. The summed E-state index contributed by atoms with van der Waals surface area (Å²) in [6, 6.07) is 108. The molecule has 22 aromatic rings. The highest BCUT2D eigenvalue weighted by molar-refractivity contribution is 6.14. The lowest BCUT2D eigenvalue weighted by atomic mass is 9.62. The zero-order chi connectivity index (χ0) is 97.5. The highest BCUT2D eigenvalue weighted by atomic mass is 16.3. The van der Waals surface area contributed by atoms with E-state index in [0.717, 1.165) is 118 Å². The third kappa shape index (κ3) is 13.5. The number of hydrogen-bond donors (Lipinski definition) is 0. The van der Waals surface area contributed by atoms with Gasteiger partial charge in [-0.25, -0.2) is 44.9 Å². The summed E-state index contributed by atoms with van der Waals surface area (Å²) in [6.45, 7) is 34.0. The van der Waals surface area contributed by atoms with Gasteiger partial charge in [-0.1, -0.05) is 308 Å². The van der Waals surface area contributed by atoms with E-state index in [-0.39, 0.29) is 32.5 Å². The lowest BCUT2D eigenvalue weighted by molar-refractivity contribution is 0.255. The number of para-hydroxylation sites is 3. The van der Waals surface area contributed by atoms with Crippen LogP contribution in [0.5, 0.6) is 0 Å². The summed E-state index contributed by atoms with van der Waals surface area (Å²) in [5, 5.41) is 6.41. The number of allylic oxidation sites excluding steroid dienone is 3. The normalized spacial score (nSPS) is 16.0. The predicted molar refractivity (Wildman–Crippen MR) is 577 cm³/mol. The number of fused-ring (bicyclic) bond motifs is 22. The van der Waals surface area contributed by atoms with Crippen molar-refractivity contribution in [1.29, 1.82) is 0 Å². The first-order valence-corrected chi connectivity index (χ1v) is 49.6. The Labute approximate surface area is 829 Å². The first kappa shape index (κ1) is 87.7. The minimum atomic E-state index is -0.168. The SMILES string of the molecule is C=CC1=C(C)C(C)(C)c2cc(-c3nc(-c4ccccn4)nc(-c4cccc5c4oc4cc6c(cc45)-c4ccccc4C6(CC)CC)n3)ccc21.CC(C)(C)C1(C)c2ccccc2-c2cc3c(cc21)oc1c(-c2nc(-c4ccccn4)nc(-c4ccccn4)n2)cccc13.CCC1(C)c2ccccc2-c2cc3c(cc21)oc1c(-c2nc(-c4ccccc4)nc(-c4ccc5c(c4)C(C)(C)c4ccccc4-5)n2)cccc13. The molecule has 0 amide bonds. The maximum atomic E-state index is 6.83. The number of hydrogen-bond acceptors (Lipinski definition) is 15. The van der Waals surface area contributed by atoms with E-state index < -0.39 is 0 Å². The van der Waals surface area contributed by atoms with Crippen LogP contribution in [0.1, 0.15) is 165 Å². The van der Waals surface area contributed by atoms with Crippen molar-refractivity contribution in [3.05, 3.63) is 402 Å². The molecule has 0 aliphatic heterocycles. The van der Waals surface area contributed by atoms with Crippen molar-refractivity contribution in [3.8, 4) is 147 Å². The first-order chi connectivity index (χ1) is 69.5. The van der Waals surface area contributed by atoms with Crippen molar-refractivity contribution >= 4 is 71.4 Å². The molecule has 0 bridgehead atoms. The van der Waals surface area contributed by atoms with Crippen LogP contribution in [-0.4, -0.2) is 59.8 Å². The number of benzene rings is 13. The van der Waals surface area contributed by atoms with Crippen molar-refractivity contribution in [1.82, 2.24) is 59.8 Å². The lowest BCUT2D eigenvalue weighted by Gasteiger charge is -2.40. The molecule has 13 aromatic carbocycles. The molecule has 0 saturated heterocycles. The molecule has 2 unspecified atom stereocenters. The Morgan fingerprint density at radius 2 is 0.629 bits per heavy atom. The molecular weight excluding hydrogens is 1750 g/mol. The molecule has 0 spiro atoms. The third-order valence-corrected chi connectivity index (χ3v) is 32.2. The van der Waals surface area contributed by atoms with Crippen LogP contribution in [0.15, 0.2) is 359 Å². The Morgan fingerprint density at radius 3 is 1.10 bits per heavy atom.